The largest absolute Gasteiger partial charge is 0.375 e. The van der Waals surface area contributed by atoms with Gasteiger partial charge in [-0.1, -0.05) is 35.9 Å². The molecule has 126 valence electrons. The Labute approximate surface area is 146 Å². The fourth-order valence-electron chi connectivity index (χ4n) is 2.18. The van der Waals surface area contributed by atoms with Crippen molar-refractivity contribution in [2.24, 2.45) is 0 Å². The van der Waals surface area contributed by atoms with E-state index in [-0.39, 0.29) is 18.4 Å². The van der Waals surface area contributed by atoms with Crippen molar-refractivity contribution in [2.45, 2.75) is 20.4 Å². The van der Waals surface area contributed by atoms with Crippen molar-refractivity contribution in [3.63, 3.8) is 0 Å². The molecule has 0 aliphatic carbocycles. The standard InChI is InChI=1S/C18H20ClN3O2/c1-12-5-3-4-6-14(12)10-21-18(24)11-20-17-9-15(22-13(2)23)7-8-16(17)19/h3-9,20H,10-11H2,1-2H3,(H,21,24)(H,22,23). The third kappa shape index (κ3) is 5.28. The molecule has 0 spiro atoms. The number of nitrogens with one attached hydrogen (secondary N) is 3. The van der Waals surface area contributed by atoms with Crippen molar-refractivity contribution in [2.75, 3.05) is 17.2 Å². The second-order valence-corrected chi connectivity index (χ2v) is 5.84. The molecular formula is C18H20ClN3O2. The zero-order valence-corrected chi connectivity index (χ0v) is 14.4. The predicted octanol–water partition coefficient (Wildman–Crippen LogP) is 3.34. The number of rotatable bonds is 6. The van der Waals surface area contributed by atoms with E-state index in [1.807, 2.05) is 31.2 Å². The Morgan fingerprint density at radius 1 is 1.12 bits per heavy atom. The maximum absolute atomic E-state index is 12.0. The first-order valence-corrected chi connectivity index (χ1v) is 7.95. The van der Waals surface area contributed by atoms with Crippen LogP contribution in [-0.2, 0) is 16.1 Å². The number of carbonyl (C=O) groups is 2. The van der Waals surface area contributed by atoms with Crippen molar-refractivity contribution in [3.05, 3.63) is 58.6 Å². The van der Waals surface area contributed by atoms with Gasteiger partial charge in [0.1, 0.15) is 0 Å². The summed E-state index contributed by atoms with van der Waals surface area (Å²) in [5, 5.41) is 9.00. The van der Waals surface area contributed by atoms with Crippen LogP contribution in [0.5, 0.6) is 0 Å². The van der Waals surface area contributed by atoms with Crippen LogP contribution in [-0.4, -0.2) is 18.4 Å². The minimum absolute atomic E-state index is 0.0924. The predicted molar refractivity (Wildman–Crippen MR) is 97.3 cm³/mol. The average molecular weight is 346 g/mol. The molecule has 24 heavy (non-hydrogen) atoms. The van der Waals surface area contributed by atoms with Gasteiger partial charge >= 0.3 is 0 Å². The van der Waals surface area contributed by atoms with Gasteiger partial charge in [-0.05, 0) is 36.2 Å². The van der Waals surface area contributed by atoms with Gasteiger partial charge in [-0.15, -0.1) is 0 Å². The molecule has 6 heteroatoms. The number of amides is 2. The Morgan fingerprint density at radius 2 is 1.88 bits per heavy atom. The number of benzene rings is 2. The Bertz CT molecular complexity index is 747. The lowest BCUT2D eigenvalue weighted by Crippen LogP contribution is -2.29. The van der Waals surface area contributed by atoms with Crippen LogP contribution in [0, 0.1) is 6.92 Å². The normalized spacial score (nSPS) is 10.1. The number of anilines is 2. The quantitative estimate of drug-likeness (QED) is 0.752. The van der Waals surface area contributed by atoms with Gasteiger partial charge in [0.2, 0.25) is 11.8 Å². The first kappa shape index (κ1) is 17.8. The van der Waals surface area contributed by atoms with Gasteiger partial charge in [-0.25, -0.2) is 0 Å². The van der Waals surface area contributed by atoms with E-state index in [9.17, 15) is 9.59 Å². The van der Waals surface area contributed by atoms with Gasteiger partial charge in [0.15, 0.2) is 0 Å². The average Bonchev–Trinajstić information content (AvgIpc) is 2.54. The van der Waals surface area contributed by atoms with E-state index in [0.717, 1.165) is 11.1 Å². The van der Waals surface area contributed by atoms with Gasteiger partial charge in [-0.2, -0.15) is 0 Å². The SMILES string of the molecule is CC(=O)Nc1ccc(Cl)c(NCC(=O)NCc2ccccc2C)c1. The monoisotopic (exact) mass is 345 g/mol. The molecule has 0 aliphatic rings. The molecule has 2 rings (SSSR count). The maximum Gasteiger partial charge on any atom is 0.239 e. The van der Waals surface area contributed by atoms with Crippen molar-refractivity contribution >= 4 is 34.8 Å². The first-order valence-electron chi connectivity index (χ1n) is 7.58. The summed E-state index contributed by atoms with van der Waals surface area (Å²) in [6, 6.07) is 13.0. The summed E-state index contributed by atoms with van der Waals surface area (Å²) < 4.78 is 0. The summed E-state index contributed by atoms with van der Waals surface area (Å²) in [5.41, 5.74) is 3.43. The summed E-state index contributed by atoms with van der Waals surface area (Å²) in [4.78, 5) is 23.1. The molecule has 0 saturated heterocycles. The van der Waals surface area contributed by atoms with Gasteiger partial charge in [0.05, 0.1) is 17.3 Å². The van der Waals surface area contributed by atoms with Crippen LogP contribution in [0.3, 0.4) is 0 Å². The lowest BCUT2D eigenvalue weighted by molar-refractivity contribution is -0.119. The van der Waals surface area contributed by atoms with Gasteiger partial charge in [0, 0.05) is 19.2 Å². The highest BCUT2D eigenvalue weighted by Crippen LogP contribution is 2.25. The van der Waals surface area contributed by atoms with Crippen LogP contribution in [0.1, 0.15) is 18.1 Å². The Hall–Kier alpha value is -2.53. The molecular weight excluding hydrogens is 326 g/mol. The minimum Gasteiger partial charge on any atom is -0.375 e. The molecule has 0 bridgehead atoms. The van der Waals surface area contributed by atoms with Gasteiger partial charge in [-0.3, -0.25) is 9.59 Å². The molecule has 0 fully saturated rings. The molecule has 0 heterocycles. The second-order valence-electron chi connectivity index (χ2n) is 5.43. The zero-order chi connectivity index (χ0) is 17.5. The molecule has 2 aromatic carbocycles. The molecule has 0 unspecified atom stereocenters. The molecule has 0 aliphatic heterocycles. The molecule has 0 saturated carbocycles. The summed E-state index contributed by atoms with van der Waals surface area (Å²) in [6.07, 6.45) is 0. The smallest absolute Gasteiger partial charge is 0.239 e. The number of carbonyl (C=O) groups excluding carboxylic acids is 2. The molecule has 2 aromatic rings. The maximum atomic E-state index is 12.0. The number of hydrogen-bond acceptors (Lipinski definition) is 3. The van der Waals surface area contributed by atoms with Crippen LogP contribution in [0.15, 0.2) is 42.5 Å². The van der Waals surface area contributed by atoms with Crippen LogP contribution < -0.4 is 16.0 Å². The molecule has 3 N–H and O–H groups in total. The number of aryl methyl sites for hydroxylation is 1. The Morgan fingerprint density at radius 3 is 2.58 bits per heavy atom. The van der Waals surface area contributed by atoms with Crippen LogP contribution in [0.4, 0.5) is 11.4 Å². The van der Waals surface area contributed by atoms with E-state index in [0.29, 0.717) is 22.9 Å². The summed E-state index contributed by atoms with van der Waals surface area (Å²) in [5.74, 6) is -0.307. The highest BCUT2D eigenvalue weighted by atomic mass is 35.5. The third-order valence-corrected chi connectivity index (χ3v) is 3.79. The van der Waals surface area contributed by atoms with E-state index in [1.165, 1.54) is 6.92 Å². The summed E-state index contributed by atoms with van der Waals surface area (Å²) in [6.45, 7) is 4.01. The number of halogens is 1. The minimum atomic E-state index is -0.167. The highest BCUT2D eigenvalue weighted by Gasteiger charge is 2.06. The summed E-state index contributed by atoms with van der Waals surface area (Å²) in [7, 11) is 0. The van der Waals surface area contributed by atoms with Crippen molar-refractivity contribution in [1.82, 2.24) is 5.32 Å². The van der Waals surface area contributed by atoms with E-state index in [4.69, 9.17) is 11.6 Å². The first-order chi connectivity index (χ1) is 11.5. The zero-order valence-electron chi connectivity index (χ0n) is 13.7. The lowest BCUT2D eigenvalue weighted by Gasteiger charge is -2.12. The van der Waals surface area contributed by atoms with Gasteiger partial charge in [0.25, 0.3) is 0 Å². The van der Waals surface area contributed by atoms with Crippen molar-refractivity contribution in [1.29, 1.82) is 0 Å². The van der Waals surface area contributed by atoms with Crippen molar-refractivity contribution < 1.29 is 9.59 Å². The molecule has 0 atom stereocenters. The third-order valence-electron chi connectivity index (χ3n) is 3.46. The molecule has 0 radical (unpaired) electrons. The van der Waals surface area contributed by atoms with Gasteiger partial charge < -0.3 is 16.0 Å². The summed E-state index contributed by atoms with van der Waals surface area (Å²) >= 11 is 6.10. The van der Waals surface area contributed by atoms with E-state index in [1.54, 1.807) is 18.2 Å². The topological polar surface area (TPSA) is 70.2 Å². The van der Waals surface area contributed by atoms with Crippen LogP contribution in [0.25, 0.3) is 0 Å². The Balaban J connectivity index is 1.89. The molecule has 5 nitrogen and oxygen atoms in total. The van der Waals surface area contributed by atoms with E-state index >= 15 is 0 Å². The van der Waals surface area contributed by atoms with E-state index in [2.05, 4.69) is 16.0 Å². The Kier molecular flexibility index (Phi) is 6.21. The van der Waals surface area contributed by atoms with Crippen molar-refractivity contribution in [3.8, 4) is 0 Å². The van der Waals surface area contributed by atoms with Crippen LogP contribution in [0.2, 0.25) is 5.02 Å². The number of hydrogen-bond donors (Lipinski definition) is 3. The highest BCUT2D eigenvalue weighted by molar-refractivity contribution is 6.33. The fourth-order valence-corrected chi connectivity index (χ4v) is 2.37. The van der Waals surface area contributed by atoms with Crippen LogP contribution >= 0.6 is 11.6 Å². The lowest BCUT2D eigenvalue weighted by atomic mass is 10.1. The van der Waals surface area contributed by atoms with E-state index < -0.39 is 0 Å². The second kappa shape index (κ2) is 8.36. The molecule has 2 amide bonds. The molecule has 0 aromatic heterocycles. The fraction of sp³-hybridized carbons (Fsp3) is 0.222.